The number of rotatable bonds is 6. The molecule has 2 atom stereocenters. The molecule has 0 aliphatic heterocycles. The van der Waals surface area contributed by atoms with E-state index in [0.29, 0.717) is 19.2 Å². The standard InChI is InChI=1S/2C18H17.C8H18Si.2CH3.Hf/c2*1-13(2)15-8-3-9-16(12-15)18-11-5-7-14-6-4-10-17(14)18;1-7(2,3)9-8(4,5)6;;;/h2*3-13H,1-2H3;1-6H3;2*1H3;. The van der Waals surface area contributed by atoms with E-state index in [1.165, 1.54) is 44.5 Å². The van der Waals surface area contributed by atoms with Gasteiger partial charge < -0.3 is 0 Å². The van der Waals surface area contributed by atoms with Gasteiger partial charge in [0.15, 0.2) is 0 Å². The minimum absolute atomic E-state index is 0.252. The fraction of sp³-hybridized carbons (Fsp3) is 0.391. The van der Waals surface area contributed by atoms with E-state index in [-0.39, 0.29) is 10.1 Å². The van der Waals surface area contributed by atoms with Crippen LogP contribution in [0.5, 0.6) is 0 Å². The van der Waals surface area contributed by atoms with Gasteiger partial charge in [-0.05, 0) is 0 Å². The van der Waals surface area contributed by atoms with Crippen LogP contribution in [0, 0.1) is 0 Å². The molecule has 0 fully saturated rings. The van der Waals surface area contributed by atoms with Crippen LogP contribution in [0.3, 0.4) is 0 Å². The van der Waals surface area contributed by atoms with E-state index in [2.05, 4.69) is 188 Å². The van der Waals surface area contributed by atoms with Gasteiger partial charge in [-0.2, -0.15) is 0 Å². The van der Waals surface area contributed by atoms with E-state index < -0.39 is 22.6 Å². The quantitative estimate of drug-likeness (QED) is 0.170. The minimum atomic E-state index is -4.18. The van der Waals surface area contributed by atoms with Crippen LogP contribution in [0.4, 0.5) is 0 Å². The first-order chi connectivity index (χ1) is 22.4. The van der Waals surface area contributed by atoms with Crippen LogP contribution in [0.2, 0.25) is 19.4 Å². The molecule has 0 spiro atoms. The van der Waals surface area contributed by atoms with Crippen molar-refractivity contribution in [1.29, 1.82) is 0 Å². The fourth-order valence-corrected chi connectivity index (χ4v) is 95.3. The first kappa shape index (κ1) is 35.3. The Kier molecular flexibility index (Phi) is 9.07. The van der Waals surface area contributed by atoms with Gasteiger partial charge in [0.1, 0.15) is 0 Å². The van der Waals surface area contributed by atoms with Gasteiger partial charge >= 0.3 is 295 Å². The summed E-state index contributed by atoms with van der Waals surface area (Å²) in [7, 11) is 0. The molecule has 0 nitrogen and oxygen atoms in total. The van der Waals surface area contributed by atoms with Gasteiger partial charge in [-0.25, -0.2) is 0 Å². The summed E-state index contributed by atoms with van der Waals surface area (Å²) < 4.78 is 6.81. The second-order valence-electron chi connectivity index (χ2n) is 18.3. The maximum atomic E-state index is 2.91. The van der Waals surface area contributed by atoms with Crippen LogP contribution in [0.1, 0.15) is 122 Å². The molecule has 0 saturated heterocycles. The third kappa shape index (κ3) is 5.87. The van der Waals surface area contributed by atoms with Crippen molar-refractivity contribution in [1.82, 2.24) is 0 Å². The molecule has 0 radical (unpaired) electrons. The molecule has 2 aliphatic carbocycles. The molecule has 0 amide bonds. The summed E-state index contributed by atoms with van der Waals surface area (Å²) >= 11 is -4.18. The third-order valence-electron chi connectivity index (χ3n) is 11.8. The number of hydrogen-bond donors (Lipinski definition) is 0. The Labute approximate surface area is 293 Å². The normalized spacial score (nSPS) is 17.7. The predicted octanol–water partition coefficient (Wildman–Crippen LogP) is 14.5. The molecule has 250 valence electrons. The van der Waals surface area contributed by atoms with Crippen LogP contribution in [0.25, 0.3) is 34.4 Å². The van der Waals surface area contributed by atoms with Crippen molar-refractivity contribution in [2.24, 2.45) is 0 Å². The molecule has 0 saturated carbocycles. The fourth-order valence-electron chi connectivity index (χ4n) is 10.9. The van der Waals surface area contributed by atoms with Crippen molar-refractivity contribution < 1.29 is 17.1 Å². The van der Waals surface area contributed by atoms with Crippen molar-refractivity contribution in [3.63, 3.8) is 0 Å². The molecule has 48 heavy (non-hydrogen) atoms. The topological polar surface area (TPSA) is 0 Å². The number of fused-ring (bicyclic) bond motifs is 2. The molecular formula is C46H58HfSi. The zero-order valence-electron chi connectivity index (χ0n) is 31.7. The Morgan fingerprint density at radius 3 is 1.27 bits per heavy atom. The number of benzene rings is 4. The monoisotopic (exact) mass is 818 g/mol. The summed E-state index contributed by atoms with van der Waals surface area (Å²) in [4.78, 5) is 0. The summed E-state index contributed by atoms with van der Waals surface area (Å²) in [6.07, 6.45) is 10.4. The van der Waals surface area contributed by atoms with E-state index in [1.807, 2.05) is 0 Å². The second-order valence-corrected chi connectivity index (χ2v) is 63.6. The Bertz CT molecular complexity index is 1870. The molecule has 2 heteroatoms. The van der Waals surface area contributed by atoms with E-state index in [0.717, 1.165) is 0 Å². The Morgan fingerprint density at radius 2 is 0.917 bits per heavy atom. The van der Waals surface area contributed by atoms with Gasteiger partial charge in [0, 0.05) is 0 Å². The average molecular weight is 818 g/mol. The molecule has 6 rings (SSSR count). The van der Waals surface area contributed by atoms with Crippen LogP contribution in [0.15, 0.2) is 97.1 Å². The van der Waals surface area contributed by atoms with Crippen molar-refractivity contribution >= 4 is 17.6 Å². The number of hydrogen-bond acceptors (Lipinski definition) is 0. The average Bonchev–Trinajstić information content (AvgIpc) is 3.66. The zero-order chi connectivity index (χ0) is 34.8. The van der Waals surface area contributed by atoms with Crippen LogP contribution < -0.4 is 0 Å². The van der Waals surface area contributed by atoms with Gasteiger partial charge in [0.2, 0.25) is 0 Å². The van der Waals surface area contributed by atoms with Gasteiger partial charge in [-0.15, -0.1) is 0 Å². The van der Waals surface area contributed by atoms with Crippen molar-refractivity contribution in [3.8, 4) is 22.3 Å². The second kappa shape index (κ2) is 12.3. The molecule has 0 aromatic heterocycles. The van der Waals surface area contributed by atoms with Crippen molar-refractivity contribution in [2.75, 3.05) is 0 Å². The van der Waals surface area contributed by atoms with Crippen LogP contribution in [-0.4, -0.2) is 5.49 Å². The van der Waals surface area contributed by atoms with Gasteiger partial charge in [0.05, 0.1) is 0 Å². The summed E-state index contributed by atoms with van der Waals surface area (Å²) in [5.41, 5.74) is 13.5. The molecule has 0 N–H and O–H groups in total. The van der Waals surface area contributed by atoms with Gasteiger partial charge in [-0.1, -0.05) is 0 Å². The van der Waals surface area contributed by atoms with Gasteiger partial charge in [0.25, 0.3) is 0 Å². The first-order valence-electron chi connectivity index (χ1n) is 18.3. The molecular weight excluding hydrogens is 759 g/mol. The van der Waals surface area contributed by atoms with E-state index in [9.17, 15) is 0 Å². The predicted molar refractivity (Wildman–Crippen MR) is 212 cm³/mol. The summed E-state index contributed by atoms with van der Waals surface area (Å²) in [6.45, 7) is 24.7. The Balaban J connectivity index is 1.62. The summed E-state index contributed by atoms with van der Waals surface area (Å²) in [5, 5.41) is 0.503. The van der Waals surface area contributed by atoms with Crippen molar-refractivity contribution in [2.45, 2.75) is 108 Å². The molecule has 2 aliphatic rings. The first-order valence-corrected chi connectivity index (χ1v) is 36.6. The molecule has 0 heterocycles. The molecule has 0 bridgehead atoms. The maximum absolute atomic E-state index is 4.18. The molecule has 4 aromatic rings. The summed E-state index contributed by atoms with van der Waals surface area (Å²) in [6, 6.07) is 33.0. The molecule has 4 aromatic carbocycles. The van der Waals surface area contributed by atoms with E-state index in [1.54, 1.807) is 11.1 Å². The number of allylic oxidation sites excluding steroid dienone is 2. The van der Waals surface area contributed by atoms with E-state index >= 15 is 0 Å². The zero-order valence-corrected chi connectivity index (χ0v) is 36.3. The van der Waals surface area contributed by atoms with Crippen molar-refractivity contribution in [3.05, 3.63) is 130 Å². The molecule has 2 unspecified atom stereocenters. The Hall–Kier alpha value is -2.55. The SMILES string of the molecule is CC(C)c1cccc(-c2cccc3c2C=C[CH]3[Hf]([CH3])([CH3])([CH]2C=Cc3c(-c4cccc(C(C)C)c4)cccc32)=[Si](C(C)(C)C)C(C)(C)C)c1. The van der Waals surface area contributed by atoms with E-state index in [4.69, 9.17) is 0 Å². The van der Waals surface area contributed by atoms with Crippen LogP contribution >= 0.6 is 0 Å². The third-order valence-corrected chi connectivity index (χ3v) is 72.0. The van der Waals surface area contributed by atoms with Gasteiger partial charge in [-0.3, -0.25) is 0 Å². The Morgan fingerprint density at radius 1 is 0.542 bits per heavy atom. The summed E-state index contributed by atoms with van der Waals surface area (Å²) in [5.74, 6) is 1.03. The van der Waals surface area contributed by atoms with Crippen LogP contribution in [-0.2, 0) is 17.1 Å².